The Kier molecular flexibility index (Phi) is 5.05. The number of para-hydroxylation sites is 1. The van der Waals surface area contributed by atoms with Gasteiger partial charge in [-0.3, -0.25) is 14.5 Å². The number of rotatable bonds is 5. The van der Waals surface area contributed by atoms with Crippen molar-refractivity contribution in [3.63, 3.8) is 0 Å². The smallest absolute Gasteiger partial charge is 0.233 e. The van der Waals surface area contributed by atoms with Gasteiger partial charge in [-0.15, -0.1) is 0 Å². The fraction of sp³-hybridized carbons (Fsp3) is 0.304. The molecule has 2 amide bonds. The standard InChI is InChI=1S/C23H23NO3/c25-22-20-13-7-8-14-21(20)23(26)24(22)16-19(15-17-9-3-1-4-10-17)27-18-11-5-2-6-12-18/h1-6,9-12,15,20-21H,7-8,13-14,16H2/b19-15-. The van der Waals surface area contributed by atoms with Gasteiger partial charge in [0.2, 0.25) is 11.8 Å². The fourth-order valence-corrected chi connectivity index (χ4v) is 4.03. The minimum Gasteiger partial charge on any atom is -0.460 e. The minimum atomic E-state index is -0.138. The number of ether oxygens (including phenoxy) is 1. The molecule has 0 radical (unpaired) electrons. The topological polar surface area (TPSA) is 46.6 Å². The first kappa shape index (κ1) is 17.5. The molecule has 0 aromatic heterocycles. The third-order valence-corrected chi connectivity index (χ3v) is 5.37. The first-order valence-corrected chi connectivity index (χ1v) is 9.56. The lowest BCUT2D eigenvalue weighted by molar-refractivity contribution is -0.139. The molecule has 27 heavy (non-hydrogen) atoms. The number of fused-ring (bicyclic) bond motifs is 1. The molecule has 2 aliphatic rings. The molecule has 138 valence electrons. The van der Waals surface area contributed by atoms with Crippen molar-refractivity contribution in [1.82, 2.24) is 4.90 Å². The zero-order chi connectivity index (χ0) is 18.6. The third-order valence-electron chi connectivity index (χ3n) is 5.37. The van der Waals surface area contributed by atoms with Crippen molar-refractivity contribution in [2.75, 3.05) is 6.54 Å². The van der Waals surface area contributed by atoms with Crippen LogP contribution in [-0.4, -0.2) is 23.3 Å². The first-order chi connectivity index (χ1) is 13.2. The van der Waals surface area contributed by atoms with Crippen molar-refractivity contribution < 1.29 is 14.3 Å². The van der Waals surface area contributed by atoms with E-state index in [-0.39, 0.29) is 30.2 Å². The Labute approximate surface area is 159 Å². The summed E-state index contributed by atoms with van der Waals surface area (Å²) in [5, 5.41) is 0. The SMILES string of the molecule is O=C1C2CCCCC2C(=O)N1C/C(=C/c1ccccc1)Oc1ccccc1. The molecule has 1 heterocycles. The van der Waals surface area contributed by atoms with E-state index >= 15 is 0 Å². The molecule has 2 aromatic rings. The van der Waals surface area contributed by atoms with E-state index in [1.807, 2.05) is 66.7 Å². The zero-order valence-electron chi connectivity index (χ0n) is 15.2. The predicted molar refractivity (Wildman–Crippen MR) is 104 cm³/mol. The quantitative estimate of drug-likeness (QED) is 0.590. The van der Waals surface area contributed by atoms with Crippen molar-refractivity contribution in [3.8, 4) is 5.75 Å². The van der Waals surface area contributed by atoms with Gasteiger partial charge in [-0.05, 0) is 36.6 Å². The molecule has 4 heteroatoms. The van der Waals surface area contributed by atoms with E-state index in [1.54, 1.807) is 0 Å². The Balaban J connectivity index is 1.60. The highest BCUT2D eigenvalue weighted by molar-refractivity contribution is 6.05. The molecule has 1 saturated heterocycles. The van der Waals surface area contributed by atoms with Gasteiger partial charge in [-0.2, -0.15) is 0 Å². The maximum absolute atomic E-state index is 12.8. The van der Waals surface area contributed by atoms with Gasteiger partial charge in [0, 0.05) is 0 Å². The van der Waals surface area contributed by atoms with Crippen LogP contribution in [0.4, 0.5) is 0 Å². The van der Waals surface area contributed by atoms with Gasteiger partial charge in [0.25, 0.3) is 0 Å². The van der Waals surface area contributed by atoms with E-state index in [0.717, 1.165) is 31.2 Å². The molecule has 0 N–H and O–H groups in total. The van der Waals surface area contributed by atoms with Crippen LogP contribution in [0.15, 0.2) is 66.4 Å². The van der Waals surface area contributed by atoms with Crippen LogP contribution in [0.1, 0.15) is 31.2 Å². The van der Waals surface area contributed by atoms with Crippen LogP contribution in [0.5, 0.6) is 5.75 Å². The summed E-state index contributed by atoms with van der Waals surface area (Å²) >= 11 is 0. The summed E-state index contributed by atoms with van der Waals surface area (Å²) in [6.07, 6.45) is 5.60. The van der Waals surface area contributed by atoms with Crippen LogP contribution < -0.4 is 4.74 Å². The van der Waals surface area contributed by atoms with Gasteiger partial charge in [-0.25, -0.2) is 0 Å². The first-order valence-electron chi connectivity index (χ1n) is 9.56. The summed E-state index contributed by atoms with van der Waals surface area (Å²) in [6.45, 7) is 0.175. The Morgan fingerprint density at radius 1 is 0.889 bits per heavy atom. The summed E-state index contributed by atoms with van der Waals surface area (Å²) in [5.74, 6) is 0.923. The highest BCUT2D eigenvalue weighted by Crippen LogP contribution is 2.38. The maximum atomic E-state index is 12.8. The van der Waals surface area contributed by atoms with Crippen LogP contribution in [-0.2, 0) is 9.59 Å². The Morgan fingerprint density at radius 2 is 1.44 bits per heavy atom. The van der Waals surface area contributed by atoms with Crippen molar-refractivity contribution in [1.29, 1.82) is 0 Å². The average molecular weight is 361 g/mol. The van der Waals surface area contributed by atoms with E-state index in [9.17, 15) is 9.59 Å². The molecule has 0 spiro atoms. The van der Waals surface area contributed by atoms with Gasteiger partial charge < -0.3 is 4.74 Å². The highest BCUT2D eigenvalue weighted by atomic mass is 16.5. The fourth-order valence-electron chi connectivity index (χ4n) is 4.03. The molecule has 4 rings (SSSR count). The summed E-state index contributed by atoms with van der Waals surface area (Å²) in [6, 6.07) is 19.3. The number of imide groups is 1. The summed E-state index contributed by atoms with van der Waals surface area (Å²) < 4.78 is 6.05. The highest BCUT2D eigenvalue weighted by Gasteiger charge is 2.48. The van der Waals surface area contributed by atoms with Crippen LogP contribution >= 0.6 is 0 Å². The number of amides is 2. The molecule has 2 atom stereocenters. The lowest BCUT2D eigenvalue weighted by Gasteiger charge is -2.19. The lowest BCUT2D eigenvalue weighted by Crippen LogP contribution is -2.34. The van der Waals surface area contributed by atoms with Gasteiger partial charge in [0.1, 0.15) is 11.5 Å². The van der Waals surface area contributed by atoms with Gasteiger partial charge in [-0.1, -0.05) is 61.4 Å². The van der Waals surface area contributed by atoms with Crippen molar-refractivity contribution in [2.24, 2.45) is 11.8 Å². The van der Waals surface area contributed by atoms with Crippen LogP contribution in [0.3, 0.4) is 0 Å². The number of hydrogen-bond acceptors (Lipinski definition) is 3. The second-order valence-corrected chi connectivity index (χ2v) is 7.20. The number of benzene rings is 2. The van der Waals surface area contributed by atoms with Gasteiger partial charge >= 0.3 is 0 Å². The summed E-state index contributed by atoms with van der Waals surface area (Å²) in [4.78, 5) is 27.0. The van der Waals surface area contributed by atoms with Crippen LogP contribution in [0.2, 0.25) is 0 Å². The zero-order valence-corrected chi connectivity index (χ0v) is 15.2. The average Bonchev–Trinajstić information content (AvgIpc) is 2.95. The third kappa shape index (κ3) is 3.80. The van der Waals surface area contributed by atoms with Crippen LogP contribution in [0, 0.1) is 11.8 Å². The molecule has 0 bridgehead atoms. The second kappa shape index (κ2) is 7.78. The van der Waals surface area contributed by atoms with E-state index in [4.69, 9.17) is 4.74 Å². The molecule has 1 aliphatic carbocycles. The van der Waals surface area contributed by atoms with Gasteiger partial charge in [0.15, 0.2) is 0 Å². The molecular weight excluding hydrogens is 338 g/mol. The number of likely N-dealkylation sites (tertiary alicyclic amines) is 1. The van der Waals surface area contributed by atoms with Crippen molar-refractivity contribution in [3.05, 3.63) is 72.0 Å². The summed E-state index contributed by atoms with van der Waals surface area (Å²) in [7, 11) is 0. The Morgan fingerprint density at radius 3 is 2.04 bits per heavy atom. The van der Waals surface area contributed by atoms with E-state index in [0.29, 0.717) is 11.5 Å². The maximum Gasteiger partial charge on any atom is 0.233 e. The predicted octanol–water partition coefficient (Wildman–Crippen LogP) is 4.28. The normalized spacial score (nSPS) is 22.7. The van der Waals surface area contributed by atoms with Crippen molar-refractivity contribution >= 4 is 17.9 Å². The second-order valence-electron chi connectivity index (χ2n) is 7.20. The summed E-state index contributed by atoms with van der Waals surface area (Å²) in [5.41, 5.74) is 0.972. The van der Waals surface area contributed by atoms with Gasteiger partial charge in [0.05, 0.1) is 18.4 Å². The van der Waals surface area contributed by atoms with E-state index in [1.165, 1.54) is 4.90 Å². The van der Waals surface area contributed by atoms with Crippen molar-refractivity contribution in [2.45, 2.75) is 25.7 Å². The minimum absolute atomic E-state index is 0.0414. The van der Waals surface area contributed by atoms with E-state index < -0.39 is 0 Å². The number of nitrogens with zero attached hydrogens (tertiary/aromatic N) is 1. The monoisotopic (exact) mass is 361 g/mol. The number of carbonyl (C=O) groups is 2. The molecule has 2 unspecified atom stereocenters. The largest absolute Gasteiger partial charge is 0.460 e. The van der Waals surface area contributed by atoms with E-state index in [2.05, 4.69) is 0 Å². The number of hydrogen-bond donors (Lipinski definition) is 0. The molecule has 1 aliphatic heterocycles. The molecule has 1 saturated carbocycles. The Hall–Kier alpha value is -2.88. The number of carbonyl (C=O) groups excluding carboxylic acids is 2. The Bertz CT molecular complexity index is 820. The molecule has 4 nitrogen and oxygen atoms in total. The lowest BCUT2D eigenvalue weighted by atomic mass is 9.81. The van der Waals surface area contributed by atoms with Crippen LogP contribution in [0.25, 0.3) is 6.08 Å². The molecular formula is C23H23NO3. The molecule has 2 fully saturated rings. The molecule has 2 aromatic carbocycles.